The van der Waals surface area contributed by atoms with Crippen molar-refractivity contribution in [1.29, 1.82) is 0 Å². The second kappa shape index (κ2) is 8.78. The minimum Gasteiger partial charge on any atom is -0.446 e. The van der Waals surface area contributed by atoms with Gasteiger partial charge >= 0.3 is 6.09 Å². The smallest absolute Gasteiger partial charge is 0.411 e. The third kappa shape index (κ3) is 4.74. The monoisotopic (exact) mass is 388 g/mol. The highest BCUT2D eigenvalue weighted by atomic mass is 16.6. The number of hydrogen-bond donors (Lipinski definition) is 2. The molecule has 2 unspecified atom stereocenters. The van der Waals surface area contributed by atoms with Gasteiger partial charge in [0.05, 0.1) is 0 Å². The fraction of sp³-hybridized carbons (Fsp3) is 0.250. The van der Waals surface area contributed by atoms with Crippen LogP contribution in [0.4, 0.5) is 10.5 Å². The maximum Gasteiger partial charge on any atom is 0.411 e. The average Bonchev–Trinajstić information content (AvgIpc) is 2.74. The van der Waals surface area contributed by atoms with Gasteiger partial charge in [-0.15, -0.1) is 0 Å². The summed E-state index contributed by atoms with van der Waals surface area (Å²) in [5.74, 6) is -0.0822. The van der Waals surface area contributed by atoms with Crippen molar-refractivity contribution in [2.45, 2.75) is 37.8 Å². The molecule has 3 aromatic carbocycles. The molecule has 1 aliphatic rings. The van der Waals surface area contributed by atoms with Gasteiger partial charge in [0, 0.05) is 23.7 Å². The first-order valence-corrected chi connectivity index (χ1v) is 10.0. The number of rotatable bonds is 4. The normalized spacial score (nSPS) is 18.8. The van der Waals surface area contributed by atoms with Gasteiger partial charge < -0.3 is 10.1 Å². The van der Waals surface area contributed by atoms with Crippen molar-refractivity contribution >= 4 is 28.5 Å². The first kappa shape index (κ1) is 19.0. The Labute approximate surface area is 170 Å². The maximum atomic E-state index is 12.9. The van der Waals surface area contributed by atoms with Gasteiger partial charge in [-0.25, -0.2) is 4.79 Å². The quantitative estimate of drug-likeness (QED) is 0.651. The van der Waals surface area contributed by atoms with Crippen molar-refractivity contribution in [2.75, 3.05) is 5.32 Å². The molecule has 5 heteroatoms. The third-order valence-electron chi connectivity index (χ3n) is 5.29. The van der Waals surface area contributed by atoms with E-state index in [2.05, 4.69) is 10.6 Å². The minimum atomic E-state index is -0.456. The summed E-state index contributed by atoms with van der Waals surface area (Å²) in [5.41, 5.74) is 1.38. The second-order valence-electron chi connectivity index (χ2n) is 7.38. The van der Waals surface area contributed by atoms with E-state index in [1.54, 1.807) is 0 Å². The molecule has 4 rings (SSSR count). The zero-order valence-corrected chi connectivity index (χ0v) is 16.1. The lowest BCUT2D eigenvalue weighted by Gasteiger charge is -2.29. The summed E-state index contributed by atoms with van der Waals surface area (Å²) in [6.07, 6.45) is 2.56. The predicted octanol–water partition coefficient (Wildman–Crippen LogP) is 5.13. The molecule has 3 aromatic rings. The van der Waals surface area contributed by atoms with Crippen LogP contribution in [-0.2, 0) is 4.74 Å². The minimum absolute atomic E-state index is 0.00950. The number of ether oxygens (including phenoxy) is 1. The van der Waals surface area contributed by atoms with E-state index in [-0.39, 0.29) is 18.1 Å². The van der Waals surface area contributed by atoms with Gasteiger partial charge in [0.15, 0.2) is 0 Å². The van der Waals surface area contributed by atoms with E-state index in [4.69, 9.17) is 4.74 Å². The Morgan fingerprint density at radius 1 is 0.862 bits per heavy atom. The molecule has 1 aliphatic carbocycles. The van der Waals surface area contributed by atoms with E-state index >= 15 is 0 Å². The SMILES string of the molecule is O=C(Nc1ccccc1)OC1CCCC(NC(=O)c2cccc3ccccc23)C1. The van der Waals surface area contributed by atoms with Crippen molar-refractivity contribution in [3.05, 3.63) is 78.4 Å². The fourth-order valence-electron chi connectivity index (χ4n) is 3.89. The highest BCUT2D eigenvalue weighted by molar-refractivity contribution is 6.07. The number of carbonyl (C=O) groups excluding carboxylic acids is 2. The summed E-state index contributed by atoms with van der Waals surface area (Å²) in [7, 11) is 0. The summed E-state index contributed by atoms with van der Waals surface area (Å²) in [6.45, 7) is 0. The molecule has 0 aliphatic heterocycles. The number of carbonyl (C=O) groups is 2. The van der Waals surface area contributed by atoms with Crippen LogP contribution in [0.5, 0.6) is 0 Å². The number of amides is 2. The number of para-hydroxylation sites is 1. The molecule has 0 saturated heterocycles. The van der Waals surface area contributed by atoms with Gasteiger partial charge in [0.1, 0.15) is 6.10 Å². The van der Waals surface area contributed by atoms with Crippen molar-refractivity contribution in [3.8, 4) is 0 Å². The van der Waals surface area contributed by atoms with Crippen LogP contribution in [0, 0.1) is 0 Å². The lowest BCUT2D eigenvalue weighted by Crippen LogP contribution is -2.41. The summed E-state index contributed by atoms with van der Waals surface area (Å²) in [4.78, 5) is 25.0. The molecule has 148 valence electrons. The van der Waals surface area contributed by atoms with Crippen LogP contribution < -0.4 is 10.6 Å². The molecule has 0 bridgehead atoms. The Morgan fingerprint density at radius 2 is 1.62 bits per heavy atom. The van der Waals surface area contributed by atoms with Gasteiger partial charge in [-0.2, -0.15) is 0 Å². The summed E-state index contributed by atoms with van der Waals surface area (Å²) in [5, 5.41) is 7.86. The number of benzene rings is 3. The molecular weight excluding hydrogens is 364 g/mol. The van der Waals surface area contributed by atoms with E-state index in [9.17, 15) is 9.59 Å². The van der Waals surface area contributed by atoms with Crippen molar-refractivity contribution in [3.63, 3.8) is 0 Å². The fourth-order valence-corrected chi connectivity index (χ4v) is 3.89. The molecule has 0 spiro atoms. The van der Waals surface area contributed by atoms with Crippen molar-refractivity contribution in [1.82, 2.24) is 5.32 Å². The van der Waals surface area contributed by atoms with Gasteiger partial charge in [0.2, 0.25) is 0 Å². The number of anilines is 1. The Bertz CT molecular complexity index is 998. The van der Waals surface area contributed by atoms with Crippen LogP contribution in [0.3, 0.4) is 0 Å². The van der Waals surface area contributed by atoms with Gasteiger partial charge in [-0.1, -0.05) is 54.6 Å². The summed E-state index contributed by atoms with van der Waals surface area (Å²) in [6, 6.07) is 22.8. The zero-order chi connectivity index (χ0) is 20.1. The van der Waals surface area contributed by atoms with E-state index in [1.165, 1.54) is 0 Å². The van der Waals surface area contributed by atoms with Crippen LogP contribution in [0.15, 0.2) is 72.8 Å². The first-order chi connectivity index (χ1) is 14.2. The highest BCUT2D eigenvalue weighted by Gasteiger charge is 2.26. The molecular formula is C24H24N2O3. The van der Waals surface area contributed by atoms with Crippen molar-refractivity contribution < 1.29 is 14.3 Å². The molecule has 29 heavy (non-hydrogen) atoms. The van der Waals surface area contributed by atoms with Crippen LogP contribution in [0.2, 0.25) is 0 Å². The molecule has 1 fully saturated rings. The zero-order valence-electron chi connectivity index (χ0n) is 16.1. The first-order valence-electron chi connectivity index (χ1n) is 10.0. The van der Waals surface area contributed by atoms with E-state index in [1.807, 2.05) is 72.8 Å². The molecule has 2 N–H and O–H groups in total. The van der Waals surface area contributed by atoms with Crippen LogP contribution >= 0.6 is 0 Å². The molecule has 5 nitrogen and oxygen atoms in total. The summed E-state index contributed by atoms with van der Waals surface area (Å²) < 4.78 is 5.58. The van der Waals surface area contributed by atoms with Crippen molar-refractivity contribution in [2.24, 2.45) is 0 Å². The van der Waals surface area contributed by atoms with Gasteiger partial charge in [0.25, 0.3) is 5.91 Å². The predicted molar refractivity (Wildman–Crippen MR) is 114 cm³/mol. The van der Waals surface area contributed by atoms with E-state index in [0.717, 1.165) is 30.0 Å². The number of nitrogens with one attached hydrogen (secondary N) is 2. The Morgan fingerprint density at radius 3 is 2.48 bits per heavy atom. The maximum absolute atomic E-state index is 12.9. The number of hydrogen-bond acceptors (Lipinski definition) is 3. The van der Waals surface area contributed by atoms with Gasteiger partial charge in [-0.05, 0) is 48.2 Å². The number of fused-ring (bicyclic) bond motifs is 1. The molecule has 0 radical (unpaired) electrons. The average molecular weight is 388 g/mol. The van der Waals surface area contributed by atoms with Crippen LogP contribution in [-0.4, -0.2) is 24.1 Å². The largest absolute Gasteiger partial charge is 0.446 e. The molecule has 2 atom stereocenters. The Kier molecular flexibility index (Phi) is 5.75. The van der Waals surface area contributed by atoms with E-state index < -0.39 is 6.09 Å². The summed E-state index contributed by atoms with van der Waals surface area (Å²) >= 11 is 0. The standard InChI is InChI=1S/C24H24N2O3/c27-23(22-15-6-9-17-8-4-5-14-21(17)22)25-19-12-7-13-20(16-19)29-24(28)26-18-10-2-1-3-11-18/h1-6,8-11,14-15,19-20H,7,12-13,16H2,(H,25,27)(H,26,28). The molecule has 0 heterocycles. The second-order valence-corrected chi connectivity index (χ2v) is 7.38. The molecule has 1 saturated carbocycles. The molecule has 2 amide bonds. The topological polar surface area (TPSA) is 67.4 Å². The van der Waals surface area contributed by atoms with Gasteiger partial charge in [-0.3, -0.25) is 10.1 Å². The van der Waals surface area contributed by atoms with Crippen LogP contribution in [0.1, 0.15) is 36.0 Å². The molecule has 0 aromatic heterocycles. The third-order valence-corrected chi connectivity index (χ3v) is 5.29. The lowest BCUT2D eigenvalue weighted by atomic mass is 9.92. The lowest BCUT2D eigenvalue weighted by molar-refractivity contribution is 0.0713. The van der Waals surface area contributed by atoms with E-state index in [0.29, 0.717) is 17.7 Å². The Hall–Kier alpha value is -3.34. The highest BCUT2D eigenvalue weighted by Crippen LogP contribution is 2.24. The Balaban J connectivity index is 1.36. The van der Waals surface area contributed by atoms with Crippen LogP contribution in [0.25, 0.3) is 10.8 Å².